The number of rotatable bonds is 6. The fraction of sp³-hybridized carbons (Fsp3) is 0.684. The highest BCUT2D eigenvalue weighted by atomic mass is 15.2. The number of aliphatic imine (C=N–C) groups is 1. The first-order valence-corrected chi connectivity index (χ1v) is 9.35. The molecule has 1 aromatic rings. The SMILES string of the molecule is CCNC(=NCc1ccnc(N2CCCCC2)c1)NC(C)C(C)C. The maximum Gasteiger partial charge on any atom is 0.191 e. The van der Waals surface area contributed by atoms with Gasteiger partial charge >= 0.3 is 0 Å². The smallest absolute Gasteiger partial charge is 0.191 e. The molecule has 0 aromatic carbocycles. The van der Waals surface area contributed by atoms with Crippen LogP contribution < -0.4 is 15.5 Å². The van der Waals surface area contributed by atoms with Crippen LogP contribution in [-0.4, -0.2) is 36.6 Å². The van der Waals surface area contributed by atoms with Crippen molar-refractivity contribution < 1.29 is 0 Å². The van der Waals surface area contributed by atoms with Gasteiger partial charge in [0.25, 0.3) is 0 Å². The van der Waals surface area contributed by atoms with Gasteiger partial charge in [0.05, 0.1) is 6.54 Å². The molecule has 1 saturated heterocycles. The minimum atomic E-state index is 0.393. The van der Waals surface area contributed by atoms with Crippen LogP contribution in [0.3, 0.4) is 0 Å². The molecule has 0 radical (unpaired) electrons. The van der Waals surface area contributed by atoms with Crippen molar-refractivity contribution in [3.05, 3.63) is 23.9 Å². The molecule has 24 heavy (non-hydrogen) atoms. The average molecular weight is 332 g/mol. The zero-order valence-electron chi connectivity index (χ0n) is 15.7. The quantitative estimate of drug-likeness (QED) is 0.621. The lowest BCUT2D eigenvalue weighted by Crippen LogP contribution is -2.44. The zero-order chi connectivity index (χ0) is 17.4. The first-order chi connectivity index (χ1) is 11.6. The van der Waals surface area contributed by atoms with E-state index < -0.39 is 0 Å². The van der Waals surface area contributed by atoms with Crippen LogP contribution in [0.5, 0.6) is 0 Å². The van der Waals surface area contributed by atoms with E-state index in [4.69, 9.17) is 4.99 Å². The molecule has 0 aliphatic carbocycles. The molecule has 5 heteroatoms. The molecule has 1 unspecified atom stereocenters. The molecule has 1 fully saturated rings. The Morgan fingerprint density at radius 3 is 2.67 bits per heavy atom. The summed E-state index contributed by atoms with van der Waals surface area (Å²) in [6.07, 6.45) is 5.79. The Hall–Kier alpha value is -1.78. The molecule has 5 nitrogen and oxygen atoms in total. The zero-order valence-corrected chi connectivity index (χ0v) is 15.7. The molecule has 2 rings (SSSR count). The first-order valence-electron chi connectivity index (χ1n) is 9.35. The lowest BCUT2D eigenvalue weighted by molar-refractivity contribution is 0.481. The normalized spacial score (nSPS) is 17.0. The third-order valence-corrected chi connectivity index (χ3v) is 4.62. The number of aromatic nitrogens is 1. The second kappa shape index (κ2) is 9.50. The number of nitrogens with one attached hydrogen (secondary N) is 2. The Bertz CT molecular complexity index is 520. The molecular weight excluding hydrogens is 298 g/mol. The molecule has 0 amide bonds. The van der Waals surface area contributed by atoms with Gasteiger partial charge in [-0.15, -0.1) is 0 Å². The van der Waals surface area contributed by atoms with Gasteiger partial charge in [0.15, 0.2) is 5.96 Å². The largest absolute Gasteiger partial charge is 0.357 e. The van der Waals surface area contributed by atoms with Crippen molar-refractivity contribution in [2.24, 2.45) is 10.9 Å². The minimum Gasteiger partial charge on any atom is -0.357 e. The van der Waals surface area contributed by atoms with Crippen LogP contribution in [0.15, 0.2) is 23.3 Å². The maximum atomic E-state index is 4.74. The van der Waals surface area contributed by atoms with Gasteiger partial charge in [0, 0.05) is 31.9 Å². The second-order valence-electron chi connectivity index (χ2n) is 6.94. The molecule has 1 aromatic heterocycles. The third-order valence-electron chi connectivity index (χ3n) is 4.62. The summed E-state index contributed by atoms with van der Waals surface area (Å²) in [7, 11) is 0. The molecule has 2 N–H and O–H groups in total. The van der Waals surface area contributed by atoms with Crippen LogP contribution in [0.4, 0.5) is 5.82 Å². The summed E-state index contributed by atoms with van der Waals surface area (Å²) < 4.78 is 0. The summed E-state index contributed by atoms with van der Waals surface area (Å²) in [4.78, 5) is 11.7. The van der Waals surface area contributed by atoms with E-state index in [1.165, 1.54) is 24.8 Å². The summed E-state index contributed by atoms with van der Waals surface area (Å²) in [6.45, 7) is 12.5. The van der Waals surface area contributed by atoms with Crippen molar-refractivity contribution in [2.75, 3.05) is 24.5 Å². The monoisotopic (exact) mass is 331 g/mol. The van der Waals surface area contributed by atoms with E-state index >= 15 is 0 Å². The molecule has 134 valence electrons. The van der Waals surface area contributed by atoms with Crippen molar-refractivity contribution in [3.63, 3.8) is 0 Å². The summed E-state index contributed by atoms with van der Waals surface area (Å²) in [5, 5.41) is 6.81. The fourth-order valence-corrected chi connectivity index (χ4v) is 2.73. The third kappa shape index (κ3) is 5.69. The van der Waals surface area contributed by atoms with Crippen LogP contribution in [0, 0.1) is 5.92 Å². The van der Waals surface area contributed by atoms with E-state index in [0.717, 1.165) is 31.4 Å². The summed E-state index contributed by atoms with van der Waals surface area (Å²) in [6, 6.07) is 4.64. The Kier molecular flexibility index (Phi) is 7.35. The molecule has 1 atom stereocenters. The van der Waals surface area contributed by atoms with E-state index in [1.807, 2.05) is 6.20 Å². The molecular formula is C19H33N5. The predicted molar refractivity (Wildman–Crippen MR) is 103 cm³/mol. The first kappa shape index (κ1) is 18.6. The summed E-state index contributed by atoms with van der Waals surface area (Å²) in [5.74, 6) is 2.55. The van der Waals surface area contributed by atoms with Crippen molar-refractivity contribution in [2.45, 2.75) is 59.5 Å². The fourth-order valence-electron chi connectivity index (χ4n) is 2.73. The molecule has 1 aliphatic rings. The molecule has 2 heterocycles. The topological polar surface area (TPSA) is 52.6 Å². The van der Waals surface area contributed by atoms with Crippen molar-refractivity contribution in [1.82, 2.24) is 15.6 Å². The standard InChI is InChI=1S/C19H33N5/c1-5-20-19(23-16(4)15(2)3)22-14-17-9-10-21-18(13-17)24-11-7-6-8-12-24/h9-10,13,15-16H,5-8,11-12,14H2,1-4H3,(H2,20,22,23). The maximum absolute atomic E-state index is 4.74. The van der Waals surface area contributed by atoms with E-state index in [0.29, 0.717) is 18.5 Å². The van der Waals surface area contributed by atoms with E-state index in [-0.39, 0.29) is 0 Å². The van der Waals surface area contributed by atoms with Gasteiger partial charge in [-0.3, -0.25) is 0 Å². The number of pyridine rings is 1. The number of nitrogens with zero attached hydrogens (tertiary/aromatic N) is 3. The van der Waals surface area contributed by atoms with Gasteiger partial charge in [0.1, 0.15) is 5.82 Å². The van der Waals surface area contributed by atoms with Gasteiger partial charge in [-0.1, -0.05) is 13.8 Å². The molecule has 0 bridgehead atoms. The van der Waals surface area contributed by atoms with Crippen LogP contribution in [0.1, 0.15) is 52.5 Å². The van der Waals surface area contributed by atoms with Gasteiger partial charge in [-0.2, -0.15) is 0 Å². The van der Waals surface area contributed by atoms with E-state index in [1.54, 1.807) is 0 Å². The summed E-state index contributed by atoms with van der Waals surface area (Å²) in [5.41, 5.74) is 1.21. The van der Waals surface area contributed by atoms with Gasteiger partial charge in [-0.05, 0) is 56.7 Å². The van der Waals surface area contributed by atoms with Gasteiger partial charge < -0.3 is 15.5 Å². The summed E-state index contributed by atoms with van der Waals surface area (Å²) >= 11 is 0. The van der Waals surface area contributed by atoms with Crippen LogP contribution in [0.25, 0.3) is 0 Å². The Morgan fingerprint density at radius 1 is 1.25 bits per heavy atom. The second-order valence-corrected chi connectivity index (χ2v) is 6.94. The number of guanidine groups is 1. The number of hydrogen-bond donors (Lipinski definition) is 2. The number of hydrogen-bond acceptors (Lipinski definition) is 3. The highest BCUT2D eigenvalue weighted by Gasteiger charge is 2.12. The number of piperidine rings is 1. The van der Waals surface area contributed by atoms with E-state index in [9.17, 15) is 0 Å². The average Bonchev–Trinajstić information content (AvgIpc) is 2.60. The minimum absolute atomic E-state index is 0.393. The van der Waals surface area contributed by atoms with E-state index in [2.05, 4.69) is 60.3 Å². The van der Waals surface area contributed by atoms with Crippen LogP contribution in [0.2, 0.25) is 0 Å². The van der Waals surface area contributed by atoms with Gasteiger partial charge in [-0.25, -0.2) is 9.98 Å². The predicted octanol–water partition coefficient (Wildman–Crippen LogP) is 3.17. The lowest BCUT2D eigenvalue weighted by Gasteiger charge is -2.27. The van der Waals surface area contributed by atoms with Crippen LogP contribution in [-0.2, 0) is 6.54 Å². The highest BCUT2D eigenvalue weighted by Crippen LogP contribution is 2.18. The number of anilines is 1. The Morgan fingerprint density at radius 2 is 2.00 bits per heavy atom. The molecule has 0 saturated carbocycles. The van der Waals surface area contributed by atoms with Gasteiger partial charge in [0.2, 0.25) is 0 Å². The highest BCUT2D eigenvalue weighted by molar-refractivity contribution is 5.80. The van der Waals surface area contributed by atoms with Crippen LogP contribution >= 0.6 is 0 Å². The van der Waals surface area contributed by atoms with Crippen molar-refractivity contribution in [1.29, 1.82) is 0 Å². The molecule has 1 aliphatic heterocycles. The Balaban J connectivity index is 2.02. The lowest BCUT2D eigenvalue weighted by atomic mass is 10.1. The molecule has 0 spiro atoms. The van der Waals surface area contributed by atoms with Crippen molar-refractivity contribution >= 4 is 11.8 Å². The Labute approximate surface area is 147 Å². The van der Waals surface area contributed by atoms with Crippen molar-refractivity contribution in [3.8, 4) is 0 Å².